The molecule has 19 heavy (non-hydrogen) atoms. The van der Waals surface area contributed by atoms with Gasteiger partial charge >= 0.3 is 0 Å². The molecule has 0 saturated heterocycles. The number of aliphatic hydroxyl groups is 1. The van der Waals surface area contributed by atoms with Crippen LogP contribution < -0.4 is 0 Å². The van der Waals surface area contributed by atoms with Crippen LogP contribution in [-0.2, 0) is 19.5 Å². The quantitative estimate of drug-likeness (QED) is 0.921. The highest BCUT2D eigenvalue weighted by Gasteiger charge is 2.28. The average Bonchev–Trinajstić information content (AvgIpc) is 2.81. The van der Waals surface area contributed by atoms with Crippen molar-refractivity contribution in [1.82, 2.24) is 19.6 Å². The van der Waals surface area contributed by atoms with Crippen molar-refractivity contribution >= 4 is 15.9 Å². The molecule has 0 amide bonds. The molecular weight excluding hydrogens is 308 g/mol. The Labute approximate surface area is 121 Å². The van der Waals surface area contributed by atoms with Gasteiger partial charge in [0.15, 0.2) is 0 Å². The van der Waals surface area contributed by atoms with Crippen LogP contribution in [0.2, 0.25) is 0 Å². The van der Waals surface area contributed by atoms with Crippen LogP contribution in [0.4, 0.5) is 0 Å². The fourth-order valence-electron chi connectivity index (χ4n) is 2.16. The van der Waals surface area contributed by atoms with Crippen molar-refractivity contribution < 1.29 is 5.11 Å². The first-order valence-electron chi connectivity index (χ1n) is 6.11. The maximum absolute atomic E-state index is 10.7. The predicted octanol–water partition coefficient (Wildman–Crippen LogP) is 2.30. The normalized spacial score (nSPS) is 13.8. The third-order valence-electron chi connectivity index (χ3n) is 3.06. The van der Waals surface area contributed by atoms with Crippen LogP contribution in [0.3, 0.4) is 0 Å². The molecule has 2 heterocycles. The number of halogens is 1. The SMILES string of the molecule is Cn1cc(C(O)c2c(Br)cnn2C)c(C(C)(C)C)n1. The summed E-state index contributed by atoms with van der Waals surface area (Å²) in [5.74, 6) is 0. The van der Waals surface area contributed by atoms with Crippen LogP contribution in [-0.4, -0.2) is 24.7 Å². The summed E-state index contributed by atoms with van der Waals surface area (Å²) in [5.41, 5.74) is 2.33. The predicted molar refractivity (Wildman–Crippen MR) is 76.9 cm³/mol. The maximum Gasteiger partial charge on any atom is 0.125 e. The summed E-state index contributed by atoms with van der Waals surface area (Å²) in [6, 6.07) is 0. The molecule has 0 aliphatic rings. The van der Waals surface area contributed by atoms with Crippen LogP contribution in [0.1, 0.15) is 43.8 Å². The Balaban J connectivity index is 2.54. The Kier molecular flexibility index (Phi) is 3.57. The van der Waals surface area contributed by atoms with Gasteiger partial charge in [-0.1, -0.05) is 20.8 Å². The lowest BCUT2D eigenvalue weighted by Crippen LogP contribution is -2.17. The van der Waals surface area contributed by atoms with Crippen LogP contribution in [0.25, 0.3) is 0 Å². The molecule has 2 aromatic rings. The van der Waals surface area contributed by atoms with Gasteiger partial charge in [-0.25, -0.2) is 0 Å². The summed E-state index contributed by atoms with van der Waals surface area (Å²) in [4.78, 5) is 0. The van der Waals surface area contributed by atoms with Crippen molar-refractivity contribution in [3.8, 4) is 0 Å². The van der Waals surface area contributed by atoms with E-state index in [0.29, 0.717) is 0 Å². The van der Waals surface area contributed by atoms with E-state index in [-0.39, 0.29) is 5.41 Å². The minimum atomic E-state index is -0.746. The molecule has 0 fully saturated rings. The number of nitrogens with zero attached hydrogens (tertiary/aromatic N) is 4. The Hall–Kier alpha value is -1.14. The van der Waals surface area contributed by atoms with Gasteiger partial charge < -0.3 is 5.11 Å². The van der Waals surface area contributed by atoms with E-state index in [1.165, 1.54) is 0 Å². The van der Waals surface area contributed by atoms with E-state index in [1.54, 1.807) is 15.6 Å². The lowest BCUT2D eigenvalue weighted by molar-refractivity contribution is 0.206. The van der Waals surface area contributed by atoms with Gasteiger partial charge in [-0.05, 0) is 15.9 Å². The van der Waals surface area contributed by atoms with Crippen LogP contribution in [0.15, 0.2) is 16.9 Å². The number of aryl methyl sites for hydroxylation is 2. The van der Waals surface area contributed by atoms with Crippen LogP contribution in [0, 0.1) is 0 Å². The zero-order chi connectivity index (χ0) is 14.4. The number of hydrogen-bond acceptors (Lipinski definition) is 3. The Morgan fingerprint density at radius 1 is 1.32 bits per heavy atom. The molecule has 0 aliphatic heterocycles. The van der Waals surface area contributed by atoms with E-state index in [9.17, 15) is 5.11 Å². The van der Waals surface area contributed by atoms with E-state index in [0.717, 1.165) is 21.4 Å². The number of aliphatic hydroxyl groups excluding tert-OH is 1. The van der Waals surface area contributed by atoms with E-state index in [4.69, 9.17) is 0 Å². The van der Waals surface area contributed by atoms with Gasteiger partial charge in [-0.15, -0.1) is 0 Å². The average molecular weight is 327 g/mol. The van der Waals surface area contributed by atoms with Gasteiger partial charge in [0.05, 0.1) is 22.1 Å². The molecule has 0 saturated carbocycles. The minimum absolute atomic E-state index is 0.122. The Bertz CT molecular complexity index is 575. The lowest BCUT2D eigenvalue weighted by Gasteiger charge is -2.20. The highest BCUT2D eigenvalue weighted by atomic mass is 79.9. The van der Waals surface area contributed by atoms with Crippen molar-refractivity contribution in [1.29, 1.82) is 0 Å². The fraction of sp³-hybridized carbons (Fsp3) is 0.538. The minimum Gasteiger partial charge on any atom is -0.382 e. The van der Waals surface area contributed by atoms with Crippen LogP contribution >= 0.6 is 15.9 Å². The molecule has 104 valence electrons. The van der Waals surface area contributed by atoms with Crippen molar-refractivity contribution in [3.63, 3.8) is 0 Å². The largest absolute Gasteiger partial charge is 0.382 e. The summed E-state index contributed by atoms with van der Waals surface area (Å²) in [5, 5.41) is 19.3. The zero-order valence-electron chi connectivity index (χ0n) is 11.8. The molecule has 2 rings (SSSR count). The standard InChI is InChI=1S/C13H19BrN4O/c1-13(2,3)12-8(7-17(4)16-12)11(19)10-9(14)6-15-18(10)5/h6-7,11,19H,1-5H3. The summed E-state index contributed by atoms with van der Waals surface area (Å²) < 4.78 is 4.21. The third kappa shape index (κ3) is 2.60. The highest BCUT2D eigenvalue weighted by Crippen LogP contribution is 2.34. The number of hydrogen-bond donors (Lipinski definition) is 1. The summed E-state index contributed by atoms with van der Waals surface area (Å²) in [6.07, 6.45) is 2.81. The summed E-state index contributed by atoms with van der Waals surface area (Å²) >= 11 is 3.43. The van der Waals surface area contributed by atoms with Gasteiger partial charge in [0, 0.05) is 31.3 Å². The van der Waals surface area contributed by atoms with E-state index in [2.05, 4.69) is 46.9 Å². The van der Waals surface area contributed by atoms with Gasteiger partial charge in [-0.3, -0.25) is 9.36 Å². The van der Waals surface area contributed by atoms with Gasteiger partial charge in [-0.2, -0.15) is 10.2 Å². The monoisotopic (exact) mass is 326 g/mol. The molecule has 6 heteroatoms. The van der Waals surface area contributed by atoms with E-state index < -0.39 is 6.10 Å². The second-order valence-corrected chi connectivity index (χ2v) is 6.61. The van der Waals surface area contributed by atoms with Gasteiger partial charge in [0.1, 0.15) is 6.10 Å². The molecule has 0 spiro atoms. The van der Waals surface area contributed by atoms with Crippen molar-refractivity contribution in [2.24, 2.45) is 14.1 Å². The number of aromatic nitrogens is 4. The second kappa shape index (κ2) is 4.76. The zero-order valence-corrected chi connectivity index (χ0v) is 13.4. The maximum atomic E-state index is 10.7. The topological polar surface area (TPSA) is 55.9 Å². The van der Waals surface area contributed by atoms with E-state index >= 15 is 0 Å². The van der Waals surface area contributed by atoms with Crippen LogP contribution in [0.5, 0.6) is 0 Å². The first kappa shape index (κ1) is 14.3. The Morgan fingerprint density at radius 2 is 1.95 bits per heavy atom. The summed E-state index contributed by atoms with van der Waals surface area (Å²) in [6.45, 7) is 6.26. The highest BCUT2D eigenvalue weighted by molar-refractivity contribution is 9.10. The fourth-order valence-corrected chi connectivity index (χ4v) is 2.73. The molecule has 0 aromatic carbocycles. The molecule has 2 aromatic heterocycles. The van der Waals surface area contributed by atoms with Crippen molar-refractivity contribution in [2.75, 3.05) is 0 Å². The molecule has 1 unspecified atom stereocenters. The number of rotatable bonds is 2. The van der Waals surface area contributed by atoms with E-state index in [1.807, 2.05) is 20.3 Å². The Morgan fingerprint density at radius 3 is 2.42 bits per heavy atom. The summed E-state index contributed by atoms with van der Waals surface area (Å²) in [7, 11) is 3.68. The second-order valence-electron chi connectivity index (χ2n) is 5.76. The third-order valence-corrected chi connectivity index (χ3v) is 3.67. The molecule has 0 bridgehead atoms. The first-order chi connectivity index (χ1) is 8.71. The van der Waals surface area contributed by atoms with Crippen molar-refractivity contribution in [3.05, 3.63) is 33.8 Å². The molecule has 0 radical (unpaired) electrons. The van der Waals surface area contributed by atoms with Gasteiger partial charge in [0.2, 0.25) is 0 Å². The lowest BCUT2D eigenvalue weighted by atomic mass is 9.87. The molecule has 1 N–H and O–H groups in total. The molecule has 5 nitrogen and oxygen atoms in total. The molecule has 0 aliphatic carbocycles. The van der Waals surface area contributed by atoms with Crippen molar-refractivity contribution in [2.45, 2.75) is 32.3 Å². The smallest absolute Gasteiger partial charge is 0.125 e. The van der Waals surface area contributed by atoms with Gasteiger partial charge in [0.25, 0.3) is 0 Å². The molecule has 1 atom stereocenters. The molecular formula is C13H19BrN4O. The first-order valence-corrected chi connectivity index (χ1v) is 6.90.